The van der Waals surface area contributed by atoms with Crippen molar-refractivity contribution >= 4 is 0 Å². The van der Waals surface area contributed by atoms with Crippen molar-refractivity contribution in [1.29, 1.82) is 0 Å². The predicted molar refractivity (Wildman–Crippen MR) is 72.5 cm³/mol. The van der Waals surface area contributed by atoms with Crippen molar-refractivity contribution in [2.45, 2.75) is 51.0 Å². The molecule has 0 amide bonds. The van der Waals surface area contributed by atoms with Gasteiger partial charge >= 0.3 is 0 Å². The van der Waals surface area contributed by atoms with Gasteiger partial charge in [0, 0.05) is 19.1 Å². The Morgan fingerprint density at radius 2 is 1.82 bits per heavy atom. The zero-order valence-electron chi connectivity index (χ0n) is 10.9. The highest BCUT2D eigenvalue weighted by Gasteiger charge is 2.27. The van der Waals surface area contributed by atoms with E-state index in [1.807, 2.05) is 0 Å². The third-order valence-corrected chi connectivity index (χ3v) is 4.24. The van der Waals surface area contributed by atoms with Gasteiger partial charge in [-0.1, -0.05) is 25.2 Å². The lowest BCUT2D eigenvalue weighted by Crippen LogP contribution is -2.39. The summed E-state index contributed by atoms with van der Waals surface area (Å²) in [6, 6.07) is 0.400. The molecule has 0 bridgehead atoms. The minimum absolute atomic E-state index is 0.400. The Kier molecular flexibility index (Phi) is 4.88. The second-order valence-electron chi connectivity index (χ2n) is 5.90. The molecule has 0 radical (unpaired) electrons. The van der Waals surface area contributed by atoms with Crippen LogP contribution in [0.15, 0.2) is 0 Å². The van der Waals surface area contributed by atoms with E-state index in [0.29, 0.717) is 12.0 Å². The molecular weight excluding hydrogens is 208 g/mol. The zero-order valence-corrected chi connectivity index (χ0v) is 10.9. The first-order valence-corrected chi connectivity index (χ1v) is 7.21. The highest BCUT2D eigenvalue weighted by atomic mass is 15.1. The number of nitrogens with zero attached hydrogens (tertiary/aromatic N) is 1. The Balaban J connectivity index is 1.83. The van der Waals surface area contributed by atoms with Crippen molar-refractivity contribution in [3.8, 4) is 12.3 Å². The smallest absolute Gasteiger partial charge is 0.0599 e. The maximum atomic E-state index is 6.29. The van der Waals surface area contributed by atoms with Gasteiger partial charge in [-0.2, -0.15) is 0 Å². The van der Waals surface area contributed by atoms with E-state index in [1.54, 1.807) is 0 Å². The Hall–Kier alpha value is -0.520. The highest BCUT2D eigenvalue weighted by molar-refractivity contribution is 4.91. The highest BCUT2D eigenvalue weighted by Crippen LogP contribution is 2.30. The Labute approximate surface area is 106 Å². The molecule has 2 nitrogen and oxygen atoms in total. The fraction of sp³-hybridized carbons (Fsp3) is 0.867. The molecule has 2 saturated carbocycles. The van der Waals surface area contributed by atoms with Gasteiger partial charge in [0.05, 0.1) is 6.54 Å². The molecule has 2 unspecified atom stereocenters. The fourth-order valence-corrected chi connectivity index (χ4v) is 2.97. The molecule has 2 aliphatic rings. The van der Waals surface area contributed by atoms with E-state index in [-0.39, 0.29) is 0 Å². The van der Waals surface area contributed by atoms with Crippen molar-refractivity contribution in [2.75, 3.05) is 19.6 Å². The van der Waals surface area contributed by atoms with Crippen LogP contribution in [0.25, 0.3) is 0 Å². The van der Waals surface area contributed by atoms with Crippen LogP contribution in [0.4, 0.5) is 0 Å². The van der Waals surface area contributed by atoms with E-state index >= 15 is 0 Å². The van der Waals surface area contributed by atoms with E-state index < -0.39 is 0 Å². The first-order valence-electron chi connectivity index (χ1n) is 7.21. The van der Waals surface area contributed by atoms with Crippen molar-refractivity contribution in [3.05, 3.63) is 0 Å². The largest absolute Gasteiger partial charge is 0.327 e. The lowest BCUT2D eigenvalue weighted by atomic mass is 9.95. The molecular formula is C15H26N2. The first kappa shape index (κ1) is 12.9. The molecule has 0 spiro atoms. The first-order chi connectivity index (χ1) is 8.29. The van der Waals surface area contributed by atoms with Gasteiger partial charge in [-0.25, -0.2) is 0 Å². The molecule has 2 fully saturated rings. The number of hydrogen-bond donors (Lipinski definition) is 1. The van der Waals surface area contributed by atoms with Crippen molar-refractivity contribution in [3.63, 3.8) is 0 Å². The number of nitrogens with two attached hydrogens (primary N) is 1. The third kappa shape index (κ3) is 4.33. The summed E-state index contributed by atoms with van der Waals surface area (Å²) in [6.07, 6.45) is 14.8. The molecule has 0 saturated heterocycles. The van der Waals surface area contributed by atoms with Gasteiger partial charge < -0.3 is 5.73 Å². The molecule has 2 heteroatoms. The quantitative estimate of drug-likeness (QED) is 0.584. The standard InChI is InChI=1S/C15H26N2/c1-2-10-17(11-13-8-9-13)12-14-6-4-3-5-7-15(14)16/h1,13-15H,3-12,16H2. The normalized spacial score (nSPS) is 29.9. The van der Waals surface area contributed by atoms with Crippen molar-refractivity contribution in [2.24, 2.45) is 17.6 Å². The average Bonchev–Trinajstić information content (AvgIpc) is 3.11. The number of rotatable bonds is 5. The summed E-state index contributed by atoms with van der Waals surface area (Å²) < 4.78 is 0. The third-order valence-electron chi connectivity index (χ3n) is 4.24. The van der Waals surface area contributed by atoms with Crippen LogP contribution < -0.4 is 5.73 Å². The van der Waals surface area contributed by atoms with Crippen LogP contribution in [0.5, 0.6) is 0 Å². The second kappa shape index (κ2) is 6.42. The molecule has 0 aromatic rings. The SMILES string of the molecule is C#CCN(CC1CC1)CC1CCCCCC1N. The van der Waals surface area contributed by atoms with Crippen LogP contribution in [-0.2, 0) is 0 Å². The Morgan fingerprint density at radius 3 is 2.53 bits per heavy atom. The van der Waals surface area contributed by atoms with Gasteiger partial charge in [-0.15, -0.1) is 6.42 Å². The lowest BCUT2D eigenvalue weighted by Gasteiger charge is -2.28. The summed E-state index contributed by atoms with van der Waals surface area (Å²) >= 11 is 0. The van der Waals surface area contributed by atoms with Gasteiger partial charge in [0.25, 0.3) is 0 Å². The van der Waals surface area contributed by atoms with Crippen LogP contribution in [0.3, 0.4) is 0 Å². The van der Waals surface area contributed by atoms with Gasteiger partial charge in [0.1, 0.15) is 0 Å². The maximum Gasteiger partial charge on any atom is 0.0599 e. The molecule has 0 aromatic heterocycles. The summed E-state index contributed by atoms with van der Waals surface area (Å²) in [5.41, 5.74) is 6.29. The molecule has 0 aromatic carbocycles. The molecule has 2 rings (SSSR count). The molecule has 17 heavy (non-hydrogen) atoms. The number of hydrogen-bond acceptors (Lipinski definition) is 2. The molecule has 0 aliphatic heterocycles. The van der Waals surface area contributed by atoms with Gasteiger partial charge in [0.2, 0.25) is 0 Å². The fourth-order valence-electron chi connectivity index (χ4n) is 2.97. The zero-order chi connectivity index (χ0) is 12.1. The monoisotopic (exact) mass is 234 g/mol. The van der Waals surface area contributed by atoms with Crippen molar-refractivity contribution < 1.29 is 0 Å². The van der Waals surface area contributed by atoms with Crippen LogP contribution in [-0.4, -0.2) is 30.6 Å². The topological polar surface area (TPSA) is 29.3 Å². The van der Waals surface area contributed by atoms with Gasteiger partial charge in [0.15, 0.2) is 0 Å². The van der Waals surface area contributed by atoms with E-state index in [0.717, 1.165) is 19.0 Å². The molecule has 96 valence electrons. The van der Waals surface area contributed by atoms with Crippen LogP contribution in [0.1, 0.15) is 44.9 Å². The second-order valence-corrected chi connectivity index (χ2v) is 5.90. The van der Waals surface area contributed by atoms with Crippen LogP contribution in [0, 0.1) is 24.2 Å². The van der Waals surface area contributed by atoms with Crippen molar-refractivity contribution in [1.82, 2.24) is 4.90 Å². The lowest BCUT2D eigenvalue weighted by molar-refractivity contribution is 0.219. The maximum absolute atomic E-state index is 6.29. The Bertz CT molecular complexity index is 265. The predicted octanol–water partition coefficient (Wildman–Crippen LogP) is 2.24. The summed E-state index contributed by atoms with van der Waals surface area (Å²) in [5.74, 6) is 4.40. The Morgan fingerprint density at radius 1 is 1.06 bits per heavy atom. The average molecular weight is 234 g/mol. The van der Waals surface area contributed by atoms with Crippen LogP contribution in [0.2, 0.25) is 0 Å². The minimum atomic E-state index is 0.400. The summed E-state index contributed by atoms with van der Waals surface area (Å²) in [5, 5.41) is 0. The summed E-state index contributed by atoms with van der Waals surface area (Å²) in [4.78, 5) is 2.47. The molecule has 2 aliphatic carbocycles. The molecule has 2 atom stereocenters. The van der Waals surface area contributed by atoms with E-state index in [9.17, 15) is 0 Å². The molecule has 0 heterocycles. The van der Waals surface area contributed by atoms with E-state index in [2.05, 4.69) is 10.8 Å². The van der Waals surface area contributed by atoms with E-state index in [1.165, 1.54) is 51.5 Å². The van der Waals surface area contributed by atoms with E-state index in [4.69, 9.17) is 12.2 Å². The van der Waals surface area contributed by atoms with Crippen LogP contribution >= 0.6 is 0 Å². The molecule has 2 N–H and O–H groups in total. The summed E-state index contributed by atoms with van der Waals surface area (Å²) in [6.45, 7) is 3.13. The minimum Gasteiger partial charge on any atom is -0.327 e. The van der Waals surface area contributed by atoms with Gasteiger partial charge in [-0.05, 0) is 37.5 Å². The summed E-state index contributed by atoms with van der Waals surface area (Å²) in [7, 11) is 0. The van der Waals surface area contributed by atoms with Gasteiger partial charge in [-0.3, -0.25) is 4.90 Å². The number of terminal acetylenes is 1.